The van der Waals surface area contributed by atoms with Crippen LogP contribution in [0.1, 0.15) is 56.6 Å². The molecule has 2 aromatic heterocycles. The number of carbonyl (C=O) groups excluding carboxylic acids is 1. The molecule has 0 aromatic carbocycles. The molecule has 1 saturated heterocycles. The second-order valence-corrected chi connectivity index (χ2v) is 7.64. The van der Waals surface area contributed by atoms with Gasteiger partial charge in [0.15, 0.2) is 5.65 Å². The highest BCUT2D eigenvalue weighted by molar-refractivity contribution is 5.77. The molecule has 7 nitrogen and oxygen atoms in total. The Kier molecular flexibility index (Phi) is 5.15. The molecule has 1 atom stereocenters. The zero-order valence-electron chi connectivity index (χ0n) is 15.3. The fraction of sp³-hybridized carbons (Fsp3) is 0.684. The van der Waals surface area contributed by atoms with E-state index >= 15 is 0 Å². The summed E-state index contributed by atoms with van der Waals surface area (Å²) in [5.74, 6) is 1.31. The first-order valence-corrected chi connectivity index (χ1v) is 9.91. The van der Waals surface area contributed by atoms with E-state index in [1.165, 1.54) is 25.7 Å². The quantitative estimate of drug-likeness (QED) is 0.856. The second-order valence-electron chi connectivity index (χ2n) is 7.64. The number of hydrogen-bond acceptors (Lipinski definition) is 5. The van der Waals surface area contributed by atoms with Crippen molar-refractivity contribution in [3.63, 3.8) is 0 Å². The number of aromatic nitrogens is 4. The average molecular weight is 356 g/mol. The van der Waals surface area contributed by atoms with Crippen LogP contribution in [-0.4, -0.2) is 50.2 Å². The Morgan fingerprint density at radius 3 is 2.81 bits per heavy atom. The van der Waals surface area contributed by atoms with Gasteiger partial charge in [-0.15, -0.1) is 0 Å². The molecular formula is C19H28N6O. The van der Waals surface area contributed by atoms with E-state index in [1.807, 2.05) is 9.58 Å². The van der Waals surface area contributed by atoms with E-state index in [0.29, 0.717) is 25.4 Å². The average Bonchev–Trinajstić information content (AvgIpc) is 3.40. The van der Waals surface area contributed by atoms with Crippen molar-refractivity contribution in [3.05, 3.63) is 18.1 Å². The van der Waals surface area contributed by atoms with Crippen LogP contribution >= 0.6 is 0 Å². The van der Waals surface area contributed by atoms with Crippen molar-refractivity contribution < 1.29 is 4.79 Å². The molecule has 4 rings (SSSR count). The first kappa shape index (κ1) is 17.4. The highest BCUT2D eigenvalue weighted by Gasteiger charge is 2.31. The number of amides is 1. The molecule has 3 heterocycles. The van der Waals surface area contributed by atoms with Crippen LogP contribution in [0.2, 0.25) is 0 Å². The molecule has 1 aliphatic heterocycles. The van der Waals surface area contributed by atoms with E-state index < -0.39 is 0 Å². The molecule has 0 spiro atoms. The number of rotatable bonds is 6. The summed E-state index contributed by atoms with van der Waals surface area (Å²) in [6.45, 7) is 2.71. The summed E-state index contributed by atoms with van der Waals surface area (Å²) >= 11 is 0. The zero-order valence-corrected chi connectivity index (χ0v) is 15.3. The van der Waals surface area contributed by atoms with Crippen molar-refractivity contribution in [2.24, 2.45) is 11.7 Å². The standard InChI is InChI=1S/C19H28N6O/c20-8-12-25-19-18(21-9-10-22-19)17(23-25)15-7-11-24(13-15)16(26)6-5-14-3-1-2-4-14/h9-10,14-15H,1-8,11-13,20H2/t15-/m1/s1. The molecule has 1 amide bonds. The predicted molar refractivity (Wildman–Crippen MR) is 99.5 cm³/mol. The van der Waals surface area contributed by atoms with E-state index in [2.05, 4.69) is 9.97 Å². The summed E-state index contributed by atoms with van der Waals surface area (Å²) in [5.41, 5.74) is 8.31. The van der Waals surface area contributed by atoms with Gasteiger partial charge in [0.25, 0.3) is 0 Å². The van der Waals surface area contributed by atoms with Gasteiger partial charge in [-0.2, -0.15) is 5.10 Å². The highest BCUT2D eigenvalue weighted by Crippen LogP contribution is 2.32. The molecular weight excluding hydrogens is 328 g/mol. The third-order valence-corrected chi connectivity index (χ3v) is 5.90. The van der Waals surface area contributed by atoms with Gasteiger partial charge in [-0.3, -0.25) is 4.79 Å². The number of carbonyl (C=O) groups is 1. The van der Waals surface area contributed by atoms with Crippen molar-refractivity contribution in [3.8, 4) is 0 Å². The first-order chi connectivity index (χ1) is 12.8. The Morgan fingerprint density at radius 2 is 2.00 bits per heavy atom. The summed E-state index contributed by atoms with van der Waals surface area (Å²) in [5, 5.41) is 4.74. The predicted octanol–water partition coefficient (Wildman–Crippen LogP) is 2.07. The molecule has 2 fully saturated rings. The van der Waals surface area contributed by atoms with Crippen molar-refractivity contribution in [1.29, 1.82) is 0 Å². The molecule has 2 aromatic rings. The van der Waals surface area contributed by atoms with Crippen LogP contribution in [0, 0.1) is 5.92 Å². The van der Waals surface area contributed by atoms with Crippen molar-refractivity contribution in [2.75, 3.05) is 19.6 Å². The molecule has 0 bridgehead atoms. The maximum Gasteiger partial charge on any atom is 0.222 e. The van der Waals surface area contributed by atoms with Gasteiger partial charge >= 0.3 is 0 Å². The van der Waals surface area contributed by atoms with E-state index in [4.69, 9.17) is 10.8 Å². The van der Waals surface area contributed by atoms with Crippen LogP contribution < -0.4 is 5.73 Å². The minimum absolute atomic E-state index is 0.239. The third-order valence-electron chi connectivity index (χ3n) is 5.90. The van der Waals surface area contributed by atoms with E-state index in [0.717, 1.165) is 48.7 Å². The SMILES string of the molecule is NCCn1nc([C@@H]2CCN(C(=O)CCC3CCCC3)C2)c2nccnc21. The summed E-state index contributed by atoms with van der Waals surface area (Å²) in [4.78, 5) is 23.5. The minimum Gasteiger partial charge on any atom is -0.342 e. The van der Waals surface area contributed by atoms with Crippen LogP contribution in [-0.2, 0) is 11.3 Å². The smallest absolute Gasteiger partial charge is 0.222 e. The second kappa shape index (κ2) is 7.70. The monoisotopic (exact) mass is 356 g/mol. The molecule has 0 unspecified atom stereocenters. The Morgan fingerprint density at radius 1 is 1.19 bits per heavy atom. The van der Waals surface area contributed by atoms with E-state index in [1.54, 1.807) is 12.4 Å². The van der Waals surface area contributed by atoms with Gasteiger partial charge in [-0.1, -0.05) is 25.7 Å². The number of hydrogen-bond donors (Lipinski definition) is 1. The maximum absolute atomic E-state index is 12.6. The number of fused-ring (bicyclic) bond motifs is 1. The van der Waals surface area contributed by atoms with Crippen LogP contribution in [0.5, 0.6) is 0 Å². The van der Waals surface area contributed by atoms with Gasteiger partial charge in [0.1, 0.15) is 5.52 Å². The Hall–Kier alpha value is -2.02. The minimum atomic E-state index is 0.239. The number of nitrogens with zero attached hydrogens (tertiary/aromatic N) is 5. The molecule has 2 aliphatic rings. The summed E-state index contributed by atoms with van der Waals surface area (Å²) in [7, 11) is 0. The lowest BCUT2D eigenvalue weighted by Crippen LogP contribution is -2.28. The van der Waals surface area contributed by atoms with Crippen LogP contribution in [0.25, 0.3) is 11.2 Å². The molecule has 1 aliphatic carbocycles. The van der Waals surface area contributed by atoms with Gasteiger partial charge in [0, 0.05) is 44.4 Å². The summed E-state index contributed by atoms with van der Waals surface area (Å²) < 4.78 is 1.85. The maximum atomic E-state index is 12.6. The zero-order chi connectivity index (χ0) is 17.9. The lowest BCUT2D eigenvalue weighted by molar-refractivity contribution is -0.130. The van der Waals surface area contributed by atoms with Gasteiger partial charge in [0.05, 0.1) is 12.2 Å². The Bertz CT molecular complexity index is 766. The van der Waals surface area contributed by atoms with Crippen LogP contribution in [0.4, 0.5) is 0 Å². The van der Waals surface area contributed by atoms with Gasteiger partial charge < -0.3 is 10.6 Å². The number of likely N-dealkylation sites (tertiary alicyclic amines) is 1. The lowest BCUT2D eigenvalue weighted by Gasteiger charge is -2.17. The third kappa shape index (κ3) is 3.45. The van der Waals surface area contributed by atoms with Crippen molar-refractivity contribution in [2.45, 2.75) is 57.4 Å². The van der Waals surface area contributed by atoms with Crippen LogP contribution in [0.15, 0.2) is 12.4 Å². The molecule has 1 saturated carbocycles. The van der Waals surface area contributed by atoms with E-state index in [-0.39, 0.29) is 5.92 Å². The Labute approximate surface area is 154 Å². The van der Waals surface area contributed by atoms with Gasteiger partial charge in [-0.25, -0.2) is 14.6 Å². The molecule has 2 N–H and O–H groups in total. The van der Waals surface area contributed by atoms with Gasteiger partial charge in [-0.05, 0) is 18.8 Å². The van der Waals surface area contributed by atoms with Crippen molar-refractivity contribution >= 4 is 17.1 Å². The van der Waals surface area contributed by atoms with Crippen molar-refractivity contribution in [1.82, 2.24) is 24.6 Å². The lowest BCUT2D eigenvalue weighted by atomic mass is 10.0. The molecule has 26 heavy (non-hydrogen) atoms. The Balaban J connectivity index is 1.43. The topological polar surface area (TPSA) is 89.9 Å². The molecule has 0 radical (unpaired) electrons. The van der Waals surface area contributed by atoms with Crippen LogP contribution in [0.3, 0.4) is 0 Å². The highest BCUT2D eigenvalue weighted by atomic mass is 16.2. The summed E-state index contributed by atoms with van der Waals surface area (Å²) in [6.07, 6.45) is 11.4. The normalized spacial score (nSPS) is 21.1. The van der Waals surface area contributed by atoms with E-state index in [9.17, 15) is 4.79 Å². The van der Waals surface area contributed by atoms with Gasteiger partial charge in [0.2, 0.25) is 5.91 Å². The fourth-order valence-electron chi connectivity index (χ4n) is 4.47. The molecule has 7 heteroatoms. The first-order valence-electron chi connectivity index (χ1n) is 9.91. The fourth-order valence-corrected chi connectivity index (χ4v) is 4.47. The summed E-state index contributed by atoms with van der Waals surface area (Å²) in [6, 6.07) is 0. The number of nitrogens with two attached hydrogens (primary N) is 1. The largest absolute Gasteiger partial charge is 0.342 e. The molecule has 140 valence electrons.